The highest BCUT2D eigenvalue weighted by atomic mass is 35.5. The van der Waals surface area contributed by atoms with Crippen molar-refractivity contribution in [1.29, 1.82) is 0 Å². The Bertz CT molecular complexity index is 995. The molecule has 27 heavy (non-hydrogen) atoms. The number of nitrogens with one attached hydrogen (secondary N) is 2. The average Bonchev–Trinajstić information content (AvgIpc) is 2.63. The number of anilines is 1. The maximum absolute atomic E-state index is 13.5. The third-order valence-electron chi connectivity index (χ3n) is 3.52. The first kappa shape index (κ1) is 20.8. The summed E-state index contributed by atoms with van der Waals surface area (Å²) in [6, 6.07) is 7.69. The number of esters is 1. The molecule has 0 bridgehead atoms. The predicted octanol–water partition coefficient (Wildman–Crippen LogP) is 2.49. The summed E-state index contributed by atoms with van der Waals surface area (Å²) in [4.78, 5) is 23.6. The van der Waals surface area contributed by atoms with Gasteiger partial charge >= 0.3 is 5.97 Å². The van der Waals surface area contributed by atoms with Crippen LogP contribution in [0.25, 0.3) is 0 Å². The Morgan fingerprint density at radius 2 is 1.89 bits per heavy atom. The largest absolute Gasteiger partial charge is 0.452 e. The fourth-order valence-corrected chi connectivity index (χ4v) is 3.28. The van der Waals surface area contributed by atoms with E-state index >= 15 is 0 Å². The van der Waals surface area contributed by atoms with E-state index in [1.54, 1.807) is 6.92 Å². The van der Waals surface area contributed by atoms with E-state index < -0.39 is 34.3 Å². The minimum atomic E-state index is -3.87. The Morgan fingerprint density at radius 3 is 2.52 bits per heavy atom. The Morgan fingerprint density at radius 1 is 1.19 bits per heavy atom. The fourth-order valence-electron chi connectivity index (χ4n) is 2.03. The molecule has 2 rings (SSSR count). The summed E-state index contributed by atoms with van der Waals surface area (Å²) in [5.41, 5.74) is 0.546. The van der Waals surface area contributed by atoms with Crippen molar-refractivity contribution in [2.24, 2.45) is 0 Å². The van der Waals surface area contributed by atoms with E-state index in [-0.39, 0.29) is 21.2 Å². The van der Waals surface area contributed by atoms with Crippen LogP contribution in [-0.4, -0.2) is 33.9 Å². The molecule has 0 unspecified atom stereocenters. The van der Waals surface area contributed by atoms with E-state index in [0.717, 1.165) is 12.1 Å². The lowest BCUT2D eigenvalue weighted by Crippen LogP contribution is -2.22. The number of hydrogen-bond donors (Lipinski definition) is 2. The first-order chi connectivity index (χ1) is 12.6. The van der Waals surface area contributed by atoms with Crippen molar-refractivity contribution in [3.63, 3.8) is 0 Å². The molecular weight excluding hydrogens is 399 g/mol. The van der Waals surface area contributed by atoms with Crippen LogP contribution in [0.2, 0.25) is 5.02 Å². The fraction of sp³-hybridized carbons (Fsp3) is 0.176. The number of hydrogen-bond acceptors (Lipinski definition) is 5. The van der Waals surface area contributed by atoms with Gasteiger partial charge in [-0.05, 0) is 49.9 Å². The predicted molar refractivity (Wildman–Crippen MR) is 97.7 cm³/mol. The number of benzene rings is 2. The molecule has 0 fully saturated rings. The van der Waals surface area contributed by atoms with E-state index in [4.69, 9.17) is 16.3 Å². The molecule has 0 heterocycles. The number of aryl methyl sites for hydroxylation is 1. The zero-order chi connectivity index (χ0) is 20.2. The summed E-state index contributed by atoms with van der Waals surface area (Å²) < 4.78 is 44.2. The number of carbonyl (C=O) groups excluding carboxylic acids is 2. The van der Waals surface area contributed by atoms with E-state index in [1.165, 1.54) is 31.3 Å². The first-order valence-electron chi connectivity index (χ1n) is 7.60. The van der Waals surface area contributed by atoms with Crippen LogP contribution in [0, 0.1) is 12.7 Å². The monoisotopic (exact) mass is 414 g/mol. The van der Waals surface area contributed by atoms with Crippen molar-refractivity contribution in [3.05, 3.63) is 58.4 Å². The van der Waals surface area contributed by atoms with Crippen LogP contribution in [0.1, 0.15) is 15.9 Å². The second kappa shape index (κ2) is 8.47. The average molecular weight is 415 g/mol. The molecule has 1 amide bonds. The molecule has 0 radical (unpaired) electrons. The van der Waals surface area contributed by atoms with Crippen LogP contribution >= 0.6 is 11.6 Å². The van der Waals surface area contributed by atoms with Gasteiger partial charge in [0, 0.05) is 5.69 Å². The van der Waals surface area contributed by atoms with Crippen LogP contribution in [-0.2, 0) is 19.6 Å². The van der Waals surface area contributed by atoms with Gasteiger partial charge in [0.05, 0.1) is 10.6 Å². The first-order valence-corrected chi connectivity index (χ1v) is 9.46. The van der Waals surface area contributed by atoms with Crippen LogP contribution in [0.3, 0.4) is 0 Å². The van der Waals surface area contributed by atoms with Gasteiger partial charge in [0.25, 0.3) is 5.91 Å². The van der Waals surface area contributed by atoms with Gasteiger partial charge in [-0.1, -0.05) is 17.7 Å². The van der Waals surface area contributed by atoms with Crippen molar-refractivity contribution in [2.45, 2.75) is 11.8 Å². The molecule has 0 saturated carbocycles. The third kappa shape index (κ3) is 5.25. The van der Waals surface area contributed by atoms with Gasteiger partial charge in [0.15, 0.2) is 6.61 Å². The molecular formula is C17H16ClFN2O5S. The summed E-state index contributed by atoms with van der Waals surface area (Å²) in [7, 11) is -2.67. The van der Waals surface area contributed by atoms with E-state index in [9.17, 15) is 22.4 Å². The Kier molecular flexibility index (Phi) is 6.53. The topological polar surface area (TPSA) is 102 Å². The van der Waals surface area contributed by atoms with Gasteiger partial charge in [0.2, 0.25) is 10.0 Å². The van der Waals surface area contributed by atoms with Crippen LogP contribution in [0.15, 0.2) is 41.3 Å². The van der Waals surface area contributed by atoms with Crippen molar-refractivity contribution in [1.82, 2.24) is 4.72 Å². The summed E-state index contributed by atoms with van der Waals surface area (Å²) in [5.74, 6) is -2.07. The molecule has 0 aliphatic carbocycles. The molecule has 0 saturated heterocycles. The number of ether oxygens (including phenoxy) is 1. The van der Waals surface area contributed by atoms with E-state index in [1.807, 2.05) is 0 Å². The van der Waals surface area contributed by atoms with Gasteiger partial charge in [-0.2, -0.15) is 0 Å². The number of sulfonamides is 1. The standard InChI is InChI=1S/C17H16ClFN2O5S/c1-10-3-5-12(8-14(10)19)21-16(22)9-26-17(23)11-4-6-13(18)15(7-11)27(24,25)20-2/h3-8,20H,9H2,1-2H3,(H,21,22). The quantitative estimate of drug-likeness (QED) is 0.707. The second-order valence-electron chi connectivity index (χ2n) is 5.44. The van der Waals surface area contributed by atoms with Crippen molar-refractivity contribution in [3.8, 4) is 0 Å². The Balaban J connectivity index is 2.04. The number of carbonyl (C=O) groups is 2. The van der Waals surface area contributed by atoms with Crippen LogP contribution < -0.4 is 10.0 Å². The smallest absolute Gasteiger partial charge is 0.338 e. The molecule has 144 valence electrons. The third-order valence-corrected chi connectivity index (χ3v) is 5.41. The molecule has 10 heteroatoms. The minimum Gasteiger partial charge on any atom is -0.452 e. The zero-order valence-corrected chi connectivity index (χ0v) is 15.9. The lowest BCUT2D eigenvalue weighted by atomic mass is 10.2. The highest BCUT2D eigenvalue weighted by molar-refractivity contribution is 7.89. The Hall–Kier alpha value is -2.49. The van der Waals surface area contributed by atoms with Crippen molar-refractivity contribution in [2.75, 3.05) is 19.0 Å². The van der Waals surface area contributed by atoms with E-state index in [0.29, 0.717) is 5.56 Å². The highest BCUT2D eigenvalue weighted by Crippen LogP contribution is 2.22. The molecule has 2 aromatic rings. The minimum absolute atomic E-state index is 0.0694. The lowest BCUT2D eigenvalue weighted by Gasteiger charge is -2.09. The number of amides is 1. The normalized spacial score (nSPS) is 11.1. The summed E-state index contributed by atoms with van der Waals surface area (Å²) in [6.07, 6.45) is 0. The maximum atomic E-state index is 13.5. The molecule has 0 atom stereocenters. The zero-order valence-electron chi connectivity index (χ0n) is 14.4. The van der Waals surface area contributed by atoms with Crippen molar-refractivity contribution >= 4 is 39.2 Å². The molecule has 2 N–H and O–H groups in total. The summed E-state index contributed by atoms with van der Waals surface area (Å²) >= 11 is 5.84. The maximum Gasteiger partial charge on any atom is 0.338 e. The van der Waals surface area contributed by atoms with Crippen LogP contribution in [0.5, 0.6) is 0 Å². The molecule has 0 aliphatic rings. The molecule has 2 aromatic carbocycles. The number of rotatable bonds is 6. The van der Waals surface area contributed by atoms with E-state index in [2.05, 4.69) is 10.0 Å². The molecule has 7 nitrogen and oxygen atoms in total. The SMILES string of the molecule is CNS(=O)(=O)c1cc(C(=O)OCC(=O)Nc2ccc(C)c(F)c2)ccc1Cl. The van der Waals surface area contributed by atoms with Crippen LogP contribution in [0.4, 0.5) is 10.1 Å². The van der Waals surface area contributed by atoms with Gasteiger partial charge in [-0.25, -0.2) is 22.3 Å². The van der Waals surface area contributed by atoms with Gasteiger partial charge in [0.1, 0.15) is 10.7 Å². The molecule has 0 aromatic heterocycles. The molecule has 0 spiro atoms. The second-order valence-corrected chi connectivity index (χ2v) is 7.70. The summed E-state index contributed by atoms with van der Waals surface area (Å²) in [6.45, 7) is 0.947. The van der Waals surface area contributed by atoms with Crippen molar-refractivity contribution < 1.29 is 27.1 Å². The Labute approximate surface area is 160 Å². The van der Waals surface area contributed by atoms with Gasteiger partial charge in [-0.15, -0.1) is 0 Å². The summed E-state index contributed by atoms with van der Waals surface area (Å²) in [5, 5.41) is 2.32. The van der Waals surface area contributed by atoms with Gasteiger partial charge in [-0.3, -0.25) is 4.79 Å². The van der Waals surface area contributed by atoms with Gasteiger partial charge < -0.3 is 10.1 Å². The highest BCUT2D eigenvalue weighted by Gasteiger charge is 2.19. The lowest BCUT2D eigenvalue weighted by molar-refractivity contribution is -0.119. The number of halogens is 2. The molecule has 0 aliphatic heterocycles.